The van der Waals surface area contributed by atoms with Crippen LogP contribution in [0.1, 0.15) is 48.0 Å². The Balaban J connectivity index is 4.23. The molecule has 0 saturated carbocycles. The maximum atomic E-state index is 10.1. The first kappa shape index (κ1) is 14.9. The van der Waals surface area contributed by atoms with Gasteiger partial charge in [-0.25, -0.2) is 0 Å². The molecule has 0 aliphatic carbocycles. The lowest BCUT2D eigenvalue weighted by Gasteiger charge is -2.31. The summed E-state index contributed by atoms with van der Waals surface area (Å²) in [5.74, 6) is 1.02. The molecule has 92 valence electrons. The van der Waals surface area contributed by atoms with E-state index in [1.807, 2.05) is 20.8 Å². The van der Waals surface area contributed by atoms with E-state index in [-0.39, 0.29) is 17.8 Å². The predicted octanol–water partition coefficient (Wildman–Crippen LogP) is 2.68. The fourth-order valence-corrected chi connectivity index (χ4v) is 2.21. The van der Waals surface area contributed by atoms with Gasteiger partial charge in [-0.3, -0.25) is 0 Å². The van der Waals surface area contributed by atoms with Gasteiger partial charge in [0.1, 0.15) is 0 Å². The van der Waals surface area contributed by atoms with E-state index in [1.54, 1.807) is 0 Å². The SMILES string of the molecule is CC(C)CC(C)C(O)C(C)C(O)C(C)C. The summed E-state index contributed by atoms with van der Waals surface area (Å²) in [4.78, 5) is 0. The lowest BCUT2D eigenvalue weighted by molar-refractivity contribution is -0.0286. The summed E-state index contributed by atoms with van der Waals surface area (Å²) in [6.45, 7) is 12.3. The van der Waals surface area contributed by atoms with Crippen LogP contribution in [-0.2, 0) is 0 Å². The smallest absolute Gasteiger partial charge is 0.0616 e. The molecule has 0 heterocycles. The first-order valence-corrected chi connectivity index (χ1v) is 6.13. The molecule has 0 aliphatic rings. The van der Waals surface area contributed by atoms with Gasteiger partial charge < -0.3 is 10.2 Å². The van der Waals surface area contributed by atoms with Crippen molar-refractivity contribution in [1.29, 1.82) is 0 Å². The number of aliphatic hydroxyl groups excluding tert-OH is 2. The van der Waals surface area contributed by atoms with Crippen molar-refractivity contribution >= 4 is 0 Å². The summed E-state index contributed by atoms with van der Waals surface area (Å²) < 4.78 is 0. The topological polar surface area (TPSA) is 40.5 Å². The van der Waals surface area contributed by atoms with Crippen LogP contribution in [0.4, 0.5) is 0 Å². The number of hydrogen-bond donors (Lipinski definition) is 2. The van der Waals surface area contributed by atoms with Crippen molar-refractivity contribution in [3.63, 3.8) is 0 Å². The van der Waals surface area contributed by atoms with Crippen molar-refractivity contribution in [2.75, 3.05) is 0 Å². The molecule has 0 spiro atoms. The van der Waals surface area contributed by atoms with Crippen LogP contribution in [0.15, 0.2) is 0 Å². The van der Waals surface area contributed by atoms with Gasteiger partial charge in [-0.05, 0) is 24.2 Å². The lowest BCUT2D eigenvalue weighted by Crippen LogP contribution is -2.37. The van der Waals surface area contributed by atoms with Crippen molar-refractivity contribution < 1.29 is 10.2 Å². The van der Waals surface area contributed by atoms with Crippen LogP contribution in [0, 0.1) is 23.7 Å². The van der Waals surface area contributed by atoms with Gasteiger partial charge in [-0.1, -0.05) is 41.5 Å². The molecule has 0 rings (SSSR count). The van der Waals surface area contributed by atoms with Crippen LogP contribution < -0.4 is 0 Å². The number of rotatable bonds is 6. The van der Waals surface area contributed by atoms with Crippen molar-refractivity contribution in [3.8, 4) is 0 Å². The van der Waals surface area contributed by atoms with Crippen LogP contribution in [0.5, 0.6) is 0 Å². The summed E-state index contributed by atoms with van der Waals surface area (Å²) in [6, 6.07) is 0. The van der Waals surface area contributed by atoms with Crippen LogP contribution in [0.2, 0.25) is 0 Å². The second-order valence-electron chi connectivity index (χ2n) is 5.69. The summed E-state index contributed by atoms with van der Waals surface area (Å²) in [5.41, 5.74) is 0. The van der Waals surface area contributed by atoms with E-state index < -0.39 is 12.2 Å². The van der Waals surface area contributed by atoms with Gasteiger partial charge in [0.2, 0.25) is 0 Å². The van der Waals surface area contributed by atoms with Gasteiger partial charge >= 0.3 is 0 Å². The van der Waals surface area contributed by atoms with Crippen molar-refractivity contribution in [2.24, 2.45) is 23.7 Å². The minimum absolute atomic E-state index is 0.0428. The van der Waals surface area contributed by atoms with Crippen LogP contribution >= 0.6 is 0 Å². The maximum absolute atomic E-state index is 10.1. The lowest BCUT2D eigenvalue weighted by atomic mass is 9.82. The highest BCUT2D eigenvalue weighted by atomic mass is 16.3. The van der Waals surface area contributed by atoms with E-state index in [4.69, 9.17) is 0 Å². The third kappa shape index (κ3) is 4.98. The highest BCUT2D eigenvalue weighted by molar-refractivity contribution is 4.78. The first-order chi connectivity index (χ1) is 6.77. The summed E-state index contributed by atoms with van der Waals surface area (Å²) in [5, 5.41) is 20.0. The standard InChI is InChI=1S/C13H28O2/c1-8(2)7-10(5)13(15)11(6)12(14)9(3)4/h8-15H,7H2,1-6H3. The van der Waals surface area contributed by atoms with Crippen LogP contribution in [0.3, 0.4) is 0 Å². The highest BCUT2D eigenvalue weighted by Crippen LogP contribution is 2.24. The van der Waals surface area contributed by atoms with E-state index in [0.29, 0.717) is 5.92 Å². The van der Waals surface area contributed by atoms with Crippen LogP contribution in [-0.4, -0.2) is 22.4 Å². The van der Waals surface area contributed by atoms with Gasteiger partial charge in [0, 0.05) is 5.92 Å². The normalized spacial score (nSPS) is 20.4. The van der Waals surface area contributed by atoms with Gasteiger partial charge in [0.05, 0.1) is 12.2 Å². The van der Waals surface area contributed by atoms with E-state index in [9.17, 15) is 10.2 Å². The van der Waals surface area contributed by atoms with E-state index in [2.05, 4.69) is 20.8 Å². The Morgan fingerprint density at radius 1 is 0.800 bits per heavy atom. The van der Waals surface area contributed by atoms with Crippen LogP contribution in [0.25, 0.3) is 0 Å². The van der Waals surface area contributed by atoms with Gasteiger partial charge in [0.15, 0.2) is 0 Å². The average Bonchev–Trinajstić information content (AvgIpc) is 2.13. The maximum Gasteiger partial charge on any atom is 0.0616 e. The van der Waals surface area contributed by atoms with Gasteiger partial charge in [-0.15, -0.1) is 0 Å². The summed E-state index contributed by atoms with van der Waals surface area (Å²) >= 11 is 0. The monoisotopic (exact) mass is 216 g/mol. The molecule has 4 unspecified atom stereocenters. The molecule has 4 atom stereocenters. The molecule has 0 aliphatic heterocycles. The molecule has 0 aromatic carbocycles. The molecule has 2 nitrogen and oxygen atoms in total. The minimum Gasteiger partial charge on any atom is -0.392 e. The number of hydrogen-bond acceptors (Lipinski definition) is 2. The molecule has 15 heavy (non-hydrogen) atoms. The first-order valence-electron chi connectivity index (χ1n) is 6.13. The molecule has 0 bridgehead atoms. The Labute approximate surface area is 94.7 Å². The van der Waals surface area contributed by atoms with Crippen molar-refractivity contribution in [3.05, 3.63) is 0 Å². The van der Waals surface area contributed by atoms with Gasteiger partial charge in [0.25, 0.3) is 0 Å². The third-order valence-electron chi connectivity index (χ3n) is 3.19. The molecular weight excluding hydrogens is 188 g/mol. The highest BCUT2D eigenvalue weighted by Gasteiger charge is 2.28. The summed E-state index contributed by atoms with van der Waals surface area (Å²) in [6.07, 6.45) is 0.204. The Hall–Kier alpha value is -0.0800. The van der Waals surface area contributed by atoms with E-state index in [1.165, 1.54) is 0 Å². The van der Waals surface area contributed by atoms with Crippen molar-refractivity contribution in [2.45, 2.75) is 60.2 Å². The second kappa shape index (κ2) is 6.49. The molecule has 0 fully saturated rings. The zero-order valence-electron chi connectivity index (χ0n) is 11.1. The van der Waals surface area contributed by atoms with Crippen molar-refractivity contribution in [1.82, 2.24) is 0 Å². The zero-order chi connectivity index (χ0) is 12.2. The fourth-order valence-electron chi connectivity index (χ4n) is 2.21. The Kier molecular flexibility index (Phi) is 6.46. The predicted molar refractivity (Wildman–Crippen MR) is 64.6 cm³/mol. The quantitative estimate of drug-likeness (QED) is 0.716. The zero-order valence-corrected chi connectivity index (χ0v) is 11.1. The Morgan fingerprint density at radius 3 is 1.60 bits per heavy atom. The molecule has 0 saturated heterocycles. The largest absolute Gasteiger partial charge is 0.392 e. The molecule has 2 N–H and O–H groups in total. The number of aliphatic hydroxyl groups is 2. The fraction of sp³-hybridized carbons (Fsp3) is 1.00. The van der Waals surface area contributed by atoms with E-state index >= 15 is 0 Å². The second-order valence-corrected chi connectivity index (χ2v) is 5.69. The Bertz CT molecular complexity index is 166. The molecule has 0 amide bonds. The molecule has 0 radical (unpaired) electrons. The molecule has 0 aromatic heterocycles. The van der Waals surface area contributed by atoms with E-state index in [0.717, 1.165) is 6.42 Å². The molecular formula is C13H28O2. The molecule has 0 aromatic rings. The minimum atomic E-state index is -0.408. The van der Waals surface area contributed by atoms with Gasteiger partial charge in [-0.2, -0.15) is 0 Å². The average molecular weight is 216 g/mol. The Morgan fingerprint density at radius 2 is 1.27 bits per heavy atom. The third-order valence-corrected chi connectivity index (χ3v) is 3.19. The molecule has 2 heteroatoms. The summed E-state index contributed by atoms with van der Waals surface area (Å²) in [7, 11) is 0.